The third kappa shape index (κ3) is 4.63. The number of likely N-dealkylation sites (tertiary alicyclic amines) is 1. The second-order valence-corrected chi connectivity index (χ2v) is 5.82. The number of H-pyrrole nitrogens is 1. The van der Waals surface area contributed by atoms with Crippen molar-refractivity contribution in [3.63, 3.8) is 0 Å². The van der Waals surface area contributed by atoms with Crippen LogP contribution < -0.4 is 5.56 Å². The molecule has 6 heteroatoms. The minimum absolute atomic E-state index is 0. The van der Waals surface area contributed by atoms with Gasteiger partial charge in [-0.2, -0.15) is 0 Å². The summed E-state index contributed by atoms with van der Waals surface area (Å²) in [6.07, 6.45) is 3.96. The highest BCUT2D eigenvalue weighted by molar-refractivity contribution is 5.85. The van der Waals surface area contributed by atoms with Gasteiger partial charge in [0, 0.05) is 12.2 Å². The SMILES string of the molecule is Cc1c(-c2ccccc2)c(=O)[nH]n1CCN1CCCCC1.Cl.Cl. The highest BCUT2D eigenvalue weighted by Gasteiger charge is 2.14. The molecule has 0 atom stereocenters. The Hall–Kier alpha value is -1.23. The number of rotatable bonds is 4. The number of hydrogen-bond donors (Lipinski definition) is 1. The molecular formula is C17H25Cl2N3O. The molecule has 0 aliphatic carbocycles. The lowest BCUT2D eigenvalue weighted by Crippen LogP contribution is -2.33. The zero-order valence-corrected chi connectivity index (χ0v) is 15.1. The van der Waals surface area contributed by atoms with E-state index in [9.17, 15) is 4.79 Å². The van der Waals surface area contributed by atoms with E-state index in [-0.39, 0.29) is 30.4 Å². The van der Waals surface area contributed by atoms with Crippen molar-refractivity contribution in [3.8, 4) is 11.1 Å². The lowest BCUT2D eigenvalue weighted by Gasteiger charge is -2.26. The number of nitrogens with zero attached hydrogens (tertiary/aromatic N) is 2. The van der Waals surface area contributed by atoms with Crippen LogP contribution in [0.3, 0.4) is 0 Å². The molecule has 1 aliphatic heterocycles. The molecule has 1 aromatic heterocycles. The predicted octanol–water partition coefficient (Wildman–Crippen LogP) is 3.48. The van der Waals surface area contributed by atoms with Crippen LogP contribution >= 0.6 is 24.8 Å². The van der Waals surface area contributed by atoms with E-state index in [0.29, 0.717) is 0 Å². The molecule has 0 spiro atoms. The van der Waals surface area contributed by atoms with E-state index in [2.05, 4.69) is 10.00 Å². The third-order valence-electron chi connectivity index (χ3n) is 4.38. The second kappa shape index (κ2) is 9.16. The van der Waals surface area contributed by atoms with Crippen LogP contribution in [0.4, 0.5) is 0 Å². The van der Waals surface area contributed by atoms with Crippen LogP contribution in [0.2, 0.25) is 0 Å². The van der Waals surface area contributed by atoms with E-state index in [4.69, 9.17) is 0 Å². The molecule has 1 fully saturated rings. The summed E-state index contributed by atoms with van der Waals surface area (Å²) < 4.78 is 2.00. The van der Waals surface area contributed by atoms with E-state index in [1.165, 1.54) is 32.4 Å². The van der Waals surface area contributed by atoms with Gasteiger partial charge in [0.2, 0.25) is 0 Å². The third-order valence-corrected chi connectivity index (χ3v) is 4.38. The van der Waals surface area contributed by atoms with Crippen molar-refractivity contribution in [1.82, 2.24) is 14.7 Å². The Morgan fingerprint density at radius 2 is 1.65 bits per heavy atom. The van der Waals surface area contributed by atoms with Crippen molar-refractivity contribution in [2.24, 2.45) is 0 Å². The van der Waals surface area contributed by atoms with Crippen molar-refractivity contribution < 1.29 is 0 Å². The molecular weight excluding hydrogens is 333 g/mol. The van der Waals surface area contributed by atoms with Gasteiger partial charge in [0.1, 0.15) is 0 Å². The Kier molecular flexibility index (Phi) is 7.89. The molecule has 0 saturated carbocycles. The van der Waals surface area contributed by atoms with Gasteiger partial charge in [0.25, 0.3) is 5.56 Å². The van der Waals surface area contributed by atoms with Crippen LogP contribution in [0.15, 0.2) is 35.1 Å². The Morgan fingerprint density at radius 3 is 2.30 bits per heavy atom. The number of piperidine rings is 1. The Balaban J connectivity index is 0.00000132. The monoisotopic (exact) mass is 357 g/mol. The van der Waals surface area contributed by atoms with Gasteiger partial charge in [-0.1, -0.05) is 36.8 Å². The summed E-state index contributed by atoms with van der Waals surface area (Å²) in [5, 5.41) is 2.99. The standard InChI is InChI=1S/C17H23N3O.2ClH/c1-14-16(15-8-4-2-5-9-15)17(21)18-20(14)13-12-19-10-6-3-7-11-19;;/h2,4-5,8-9H,3,6-7,10-13H2,1H3,(H,18,21);2*1H. The summed E-state index contributed by atoms with van der Waals surface area (Å²) in [6, 6.07) is 9.90. The van der Waals surface area contributed by atoms with Crippen LogP contribution in [-0.4, -0.2) is 34.3 Å². The van der Waals surface area contributed by atoms with Crippen LogP contribution in [0.1, 0.15) is 25.0 Å². The molecule has 3 rings (SSSR count). The lowest BCUT2D eigenvalue weighted by molar-refractivity contribution is 0.217. The Bertz CT molecular complexity index is 646. The maximum atomic E-state index is 12.2. The number of benzene rings is 1. The minimum atomic E-state index is 0. The molecule has 1 aromatic carbocycles. The molecule has 1 saturated heterocycles. The number of hydrogen-bond acceptors (Lipinski definition) is 2. The van der Waals surface area contributed by atoms with Gasteiger partial charge in [-0.3, -0.25) is 14.6 Å². The molecule has 23 heavy (non-hydrogen) atoms. The number of nitrogens with one attached hydrogen (secondary N) is 1. The van der Waals surface area contributed by atoms with Crippen molar-refractivity contribution in [2.75, 3.05) is 19.6 Å². The summed E-state index contributed by atoms with van der Waals surface area (Å²) in [6.45, 7) is 6.27. The highest BCUT2D eigenvalue weighted by atomic mass is 35.5. The zero-order chi connectivity index (χ0) is 14.7. The Labute approximate surface area is 149 Å². The second-order valence-electron chi connectivity index (χ2n) is 5.82. The van der Waals surface area contributed by atoms with Gasteiger partial charge in [-0.15, -0.1) is 24.8 Å². The fraction of sp³-hybridized carbons (Fsp3) is 0.471. The number of aromatic nitrogens is 2. The molecule has 0 radical (unpaired) electrons. The molecule has 0 unspecified atom stereocenters. The average Bonchev–Trinajstić information content (AvgIpc) is 2.81. The summed E-state index contributed by atoms with van der Waals surface area (Å²) in [7, 11) is 0. The van der Waals surface area contributed by atoms with Crippen LogP contribution in [0.5, 0.6) is 0 Å². The fourth-order valence-electron chi connectivity index (χ4n) is 3.15. The van der Waals surface area contributed by atoms with Crippen molar-refractivity contribution in [2.45, 2.75) is 32.7 Å². The lowest BCUT2D eigenvalue weighted by atomic mass is 10.1. The molecule has 128 valence electrons. The summed E-state index contributed by atoms with van der Waals surface area (Å²) in [4.78, 5) is 14.7. The normalized spacial score (nSPS) is 14.8. The quantitative estimate of drug-likeness (QED) is 0.909. The summed E-state index contributed by atoms with van der Waals surface area (Å²) >= 11 is 0. The van der Waals surface area contributed by atoms with E-state index in [1.54, 1.807) is 0 Å². The van der Waals surface area contributed by atoms with Crippen LogP contribution in [0, 0.1) is 6.92 Å². The zero-order valence-electron chi connectivity index (χ0n) is 13.5. The number of aromatic amines is 1. The fourth-order valence-corrected chi connectivity index (χ4v) is 3.15. The smallest absolute Gasteiger partial charge is 0.272 e. The first-order valence-corrected chi connectivity index (χ1v) is 7.83. The molecule has 1 N–H and O–H groups in total. The van der Waals surface area contributed by atoms with E-state index in [0.717, 1.165) is 29.9 Å². The Morgan fingerprint density at radius 1 is 1.00 bits per heavy atom. The molecule has 0 bridgehead atoms. The summed E-state index contributed by atoms with van der Waals surface area (Å²) in [5.41, 5.74) is 2.84. The summed E-state index contributed by atoms with van der Waals surface area (Å²) in [5.74, 6) is 0. The van der Waals surface area contributed by atoms with Gasteiger partial charge in [-0.05, 0) is 38.4 Å². The van der Waals surface area contributed by atoms with E-state index < -0.39 is 0 Å². The van der Waals surface area contributed by atoms with Crippen molar-refractivity contribution in [1.29, 1.82) is 0 Å². The first kappa shape index (κ1) is 19.8. The molecule has 2 heterocycles. The van der Waals surface area contributed by atoms with Crippen molar-refractivity contribution >= 4 is 24.8 Å². The minimum Gasteiger partial charge on any atom is -0.301 e. The van der Waals surface area contributed by atoms with Gasteiger partial charge in [0.05, 0.1) is 12.1 Å². The van der Waals surface area contributed by atoms with Crippen molar-refractivity contribution in [3.05, 3.63) is 46.4 Å². The molecule has 2 aromatic rings. The largest absolute Gasteiger partial charge is 0.301 e. The van der Waals surface area contributed by atoms with Gasteiger partial charge in [0.15, 0.2) is 0 Å². The van der Waals surface area contributed by atoms with Gasteiger partial charge in [-0.25, -0.2) is 0 Å². The van der Waals surface area contributed by atoms with Gasteiger partial charge >= 0.3 is 0 Å². The van der Waals surface area contributed by atoms with Crippen LogP contribution in [0.25, 0.3) is 11.1 Å². The number of halogens is 2. The maximum Gasteiger partial charge on any atom is 0.272 e. The molecule has 4 nitrogen and oxygen atoms in total. The molecule has 0 amide bonds. The molecule has 1 aliphatic rings. The maximum absolute atomic E-state index is 12.2. The topological polar surface area (TPSA) is 41.0 Å². The average molecular weight is 358 g/mol. The first-order chi connectivity index (χ1) is 10.3. The van der Waals surface area contributed by atoms with E-state index in [1.807, 2.05) is 41.9 Å². The first-order valence-electron chi connectivity index (χ1n) is 7.83. The van der Waals surface area contributed by atoms with Crippen LogP contribution in [-0.2, 0) is 6.54 Å². The van der Waals surface area contributed by atoms with Gasteiger partial charge < -0.3 is 4.90 Å². The predicted molar refractivity (Wildman–Crippen MR) is 100 cm³/mol. The van der Waals surface area contributed by atoms with E-state index >= 15 is 0 Å². The highest BCUT2D eigenvalue weighted by Crippen LogP contribution is 2.19.